The molecule has 1 aromatic rings. The summed E-state index contributed by atoms with van der Waals surface area (Å²) < 4.78 is 0. The van der Waals surface area contributed by atoms with E-state index < -0.39 is 0 Å². The quantitative estimate of drug-likeness (QED) is 0.785. The van der Waals surface area contributed by atoms with Crippen LogP contribution in [0.4, 0.5) is 0 Å². The Hall–Kier alpha value is -0.310. The molecule has 1 aliphatic carbocycles. The maximum Gasteiger partial charge on any atom is 0.0561 e. The van der Waals surface area contributed by atoms with E-state index in [1.54, 1.807) is 11.3 Å². The van der Waals surface area contributed by atoms with Crippen LogP contribution in [0.15, 0.2) is 23.1 Å². The molecule has 1 aromatic heterocycles. The van der Waals surface area contributed by atoms with Gasteiger partial charge in [-0.1, -0.05) is 23.3 Å². The van der Waals surface area contributed by atoms with Crippen LogP contribution >= 0.6 is 22.9 Å². The molecule has 0 spiro atoms. The van der Waals surface area contributed by atoms with Crippen molar-refractivity contribution in [1.29, 1.82) is 0 Å². The van der Waals surface area contributed by atoms with Gasteiger partial charge < -0.3 is 5.73 Å². The van der Waals surface area contributed by atoms with Crippen molar-refractivity contribution in [3.63, 3.8) is 0 Å². The van der Waals surface area contributed by atoms with Gasteiger partial charge in [0.1, 0.15) is 0 Å². The molecule has 0 saturated heterocycles. The largest absolute Gasteiger partial charge is 0.323 e. The Morgan fingerprint density at radius 2 is 2.33 bits per heavy atom. The fraction of sp³-hybridized carbons (Fsp3) is 0.500. The van der Waals surface area contributed by atoms with Gasteiger partial charge in [0.25, 0.3) is 0 Å². The lowest BCUT2D eigenvalue weighted by Crippen LogP contribution is -2.11. The Morgan fingerprint density at radius 1 is 1.47 bits per heavy atom. The number of halogens is 1. The average Bonchev–Trinajstić information content (AvgIpc) is 2.66. The van der Waals surface area contributed by atoms with Gasteiger partial charge >= 0.3 is 0 Å². The van der Waals surface area contributed by atoms with E-state index in [0.29, 0.717) is 0 Å². The third kappa shape index (κ3) is 2.83. The van der Waals surface area contributed by atoms with Crippen molar-refractivity contribution in [3.8, 4) is 0 Å². The standard InChI is InChI=1S/C12H16ClNS/c13-10-6-7-15-12(10)11(14)8-9-4-2-1-3-5-9/h4,6-7,11H,1-3,5,8,14H2. The molecule has 0 fully saturated rings. The van der Waals surface area contributed by atoms with E-state index in [9.17, 15) is 0 Å². The summed E-state index contributed by atoms with van der Waals surface area (Å²) in [5.41, 5.74) is 7.67. The van der Waals surface area contributed by atoms with Crippen LogP contribution in [-0.2, 0) is 0 Å². The van der Waals surface area contributed by atoms with Crippen LogP contribution in [-0.4, -0.2) is 0 Å². The molecule has 1 heterocycles. The second kappa shape index (κ2) is 5.15. The zero-order chi connectivity index (χ0) is 10.7. The molecule has 1 unspecified atom stereocenters. The van der Waals surface area contributed by atoms with E-state index in [4.69, 9.17) is 17.3 Å². The molecule has 0 bridgehead atoms. The van der Waals surface area contributed by atoms with Crippen molar-refractivity contribution in [2.24, 2.45) is 5.73 Å². The minimum atomic E-state index is 0.0850. The summed E-state index contributed by atoms with van der Waals surface area (Å²) in [6.07, 6.45) is 8.41. The molecule has 0 aromatic carbocycles. The smallest absolute Gasteiger partial charge is 0.0561 e. The maximum absolute atomic E-state index is 6.16. The van der Waals surface area contributed by atoms with Crippen LogP contribution in [0.1, 0.15) is 43.0 Å². The number of hydrogen-bond donors (Lipinski definition) is 1. The van der Waals surface area contributed by atoms with E-state index >= 15 is 0 Å². The summed E-state index contributed by atoms with van der Waals surface area (Å²) in [6.45, 7) is 0. The number of hydrogen-bond acceptors (Lipinski definition) is 2. The molecular formula is C12H16ClNS. The third-order valence-electron chi connectivity index (χ3n) is 2.85. The average molecular weight is 242 g/mol. The fourth-order valence-electron chi connectivity index (χ4n) is 2.04. The second-order valence-electron chi connectivity index (χ2n) is 4.05. The van der Waals surface area contributed by atoms with E-state index in [1.165, 1.54) is 31.3 Å². The highest BCUT2D eigenvalue weighted by Gasteiger charge is 2.14. The summed E-state index contributed by atoms with van der Waals surface area (Å²) >= 11 is 7.73. The highest BCUT2D eigenvalue weighted by molar-refractivity contribution is 7.10. The lowest BCUT2D eigenvalue weighted by molar-refractivity contribution is 0.633. The summed E-state index contributed by atoms with van der Waals surface area (Å²) in [5.74, 6) is 0. The third-order valence-corrected chi connectivity index (χ3v) is 4.34. The summed E-state index contributed by atoms with van der Waals surface area (Å²) in [4.78, 5) is 1.13. The van der Waals surface area contributed by atoms with Crippen molar-refractivity contribution in [1.82, 2.24) is 0 Å². The highest BCUT2D eigenvalue weighted by Crippen LogP contribution is 2.32. The monoisotopic (exact) mass is 241 g/mol. The molecule has 1 nitrogen and oxygen atoms in total. The van der Waals surface area contributed by atoms with Gasteiger partial charge in [-0.05, 0) is 43.6 Å². The number of rotatable bonds is 3. The Labute approximate surface area is 99.9 Å². The zero-order valence-electron chi connectivity index (χ0n) is 8.71. The topological polar surface area (TPSA) is 26.0 Å². The molecule has 15 heavy (non-hydrogen) atoms. The van der Waals surface area contributed by atoms with Crippen molar-refractivity contribution in [3.05, 3.63) is 33.0 Å². The SMILES string of the molecule is NC(CC1=CCCCC1)c1sccc1Cl. The highest BCUT2D eigenvalue weighted by atomic mass is 35.5. The molecule has 2 N–H and O–H groups in total. The fourth-order valence-corrected chi connectivity index (χ4v) is 3.24. The van der Waals surface area contributed by atoms with Gasteiger partial charge in [0, 0.05) is 10.9 Å². The van der Waals surface area contributed by atoms with Crippen molar-refractivity contribution >= 4 is 22.9 Å². The molecule has 1 atom stereocenters. The van der Waals surface area contributed by atoms with E-state index in [0.717, 1.165) is 16.3 Å². The van der Waals surface area contributed by atoms with E-state index in [2.05, 4.69) is 6.08 Å². The van der Waals surface area contributed by atoms with Crippen LogP contribution < -0.4 is 5.73 Å². The number of allylic oxidation sites excluding steroid dienone is 1. The Bertz CT molecular complexity index is 356. The second-order valence-corrected chi connectivity index (χ2v) is 5.41. The minimum Gasteiger partial charge on any atom is -0.323 e. The van der Waals surface area contributed by atoms with Gasteiger partial charge in [-0.15, -0.1) is 11.3 Å². The number of thiophene rings is 1. The summed E-state index contributed by atoms with van der Waals surface area (Å²) in [5, 5.41) is 2.83. The minimum absolute atomic E-state index is 0.0850. The predicted molar refractivity (Wildman–Crippen MR) is 67.4 cm³/mol. The first-order valence-corrected chi connectivity index (χ1v) is 6.69. The Balaban J connectivity index is 2.00. The maximum atomic E-state index is 6.16. The predicted octanol–water partition coefficient (Wildman–Crippen LogP) is 4.29. The normalized spacial score (nSPS) is 18.7. The van der Waals surface area contributed by atoms with E-state index in [1.807, 2.05) is 11.4 Å². The molecule has 82 valence electrons. The van der Waals surface area contributed by atoms with Gasteiger partial charge in [0.2, 0.25) is 0 Å². The Morgan fingerprint density at radius 3 is 2.93 bits per heavy atom. The molecule has 0 amide bonds. The first kappa shape index (κ1) is 11.2. The van der Waals surface area contributed by atoms with Crippen molar-refractivity contribution in [2.45, 2.75) is 38.1 Å². The first-order chi connectivity index (χ1) is 7.27. The Kier molecular flexibility index (Phi) is 3.84. The van der Waals surface area contributed by atoms with Crippen LogP contribution in [0.2, 0.25) is 5.02 Å². The van der Waals surface area contributed by atoms with Gasteiger partial charge in [-0.2, -0.15) is 0 Å². The van der Waals surface area contributed by atoms with Gasteiger partial charge in [-0.25, -0.2) is 0 Å². The van der Waals surface area contributed by atoms with Crippen LogP contribution in [0.25, 0.3) is 0 Å². The molecule has 3 heteroatoms. The van der Waals surface area contributed by atoms with Crippen LogP contribution in [0, 0.1) is 0 Å². The lowest BCUT2D eigenvalue weighted by Gasteiger charge is -2.16. The van der Waals surface area contributed by atoms with Crippen LogP contribution in [0.5, 0.6) is 0 Å². The summed E-state index contributed by atoms with van der Waals surface area (Å²) in [6, 6.07) is 2.01. The molecule has 0 radical (unpaired) electrons. The van der Waals surface area contributed by atoms with Gasteiger partial charge in [0.05, 0.1) is 5.02 Å². The molecule has 0 saturated carbocycles. The lowest BCUT2D eigenvalue weighted by atomic mass is 9.94. The van der Waals surface area contributed by atoms with Crippen LogP contribution in [0.3, 0.4) is 0 Å². The number of nitrogens with two attached hydrogens (primary N) is 1. The molecule has 0 aliphatic heterocycles. The van der Waals surface area contributed by atoms with E-state index in [-0.39, 0.29) is 6.04 Å². The zero-order valence-corrected chi connectivity index (χ0v) is 10.3. The molecule has 2 rings (SSSR count). The van der Waals surface area contributed by atoms with Gasteiger partial charge in [0.15, 0.2) is 0 Å². The summed E-state index contributed by atoms with van der Waals surface area (Å²) in [7, 11) is 0. The van der Waals surface area contributed by atoms with Crippen molar-refractivity contribution < 1.29 is 0 Å². The van der Waals surface area contributed by atoms with Gasteiger partial charge in [-0.3, -0.25) is 0 Å². The molecular weight excluding hydrogens is 226 g/mol. The molecule has 1 aliphatic rings. The van der Waals surface area contributed by atoms with Crippen molar-refractivity contribution in [2.75, 3.05) is 0 Å². The first-order valence-electron chi connectivity index (χ1n) is 5.44.